The van der Waals surface area contributed by atoms with Gasteiger partial charge in [0.15, 0.2) is 0 Å². The highest BCUT2D eigenvalue weighted by molar-refractivity contribution is 5.95. The minimum atomic E-state index is -0.598. The lowest BCUT2D eigenvalue weighted by Gasteiger charge is -2.38. The molecule has 0 radical (unpaired) electrons. The van der Waals surface area contributed by atoms with Crippen molar-refractivity contribution >= 4 is 11.6 Å². The van der Waals surface area contributed by atoms with Crippen molar-refractivity contribution in [2.75, 3.05) is 18.4 Å². The molecule has 1 saturated heterocycles. The van der Waals surface area contributed by atoms with Crippen LogP contribution in [-0.2, 0) is 11.3 Å². The van der Waals surface area contributed by atoms with E-state index in [0.29, 0.717) is 19.4 Å². The first-order valence-corrected chi connectivity index (χ1v) is 7.48. The Balaban J connectivity index is 1.97. The quantitative estimate of drug-likeness (QED) is 0.782. The number of carbonyl (C=O) groups excluding carboxylic acids is 1. The number of nitrogens with two attached hydrogens (primary N) is 1. The Morgan fingerprint density at radius 2 is 2.05 bits per heavy atom. The highest BCUT2D eigenvalue weighted by Gasteiger charge is 2.31. The van der Waals surface area contributed by atoms with E-state index in [0.717, 1.165) is 24.3 Å². The van der Waals surface area contributed by atoms with Crippen LogP contribution in [0, 0.1) is 0 Å². The summed E-state index contributed by atoms with van der Waals surface area (Å²) in [7, 11) is 0. The van der Waals surface area contributed by atoms with Gasteiger partial charge in [-0.25, -0.2) is 0 Å². The fourth-order valence-electron chi connectivity index (χ4n) is 2.62. The van der Waals surface area contributed by atoms with Crippen molar-refractivity contribution in [1.82, 2.24) is 4.90 Å². The molecule has 1 amide bonds. The van der Waals surface area contributed by atoms with Gasteiger partial charge >= 0.3 is 0 Å². The summed E-state index contributed by atoms with van der Waals surface area (Å²) in [4.78, 5) is 14.5. The van der Waals surface area contributed by atoms with Crippen LogP contribution in [0.2, 0.25) is 0 Å². The van der Waals surface area contributed by atoms with Crippen LogP contribution in [0.1, 0.15) is 32.3 Å². The Bertz CT molecular complexity index is 492. The molecule has 0 bridgehead atoms. The van der Waals surface area contributed by atoms with Crippen molar-refractivity contribution < 1.29 is 9.90 Å². The Morgan fingerprint density at radius 3 is 2.67 bits per heavy atom. The van der Waals surface area contributed by atoms with Gasteiger partial charge in [-0.3, -0.25) is 9.69 Å². The minimum absolute atomic E-state index is 0.0301. The molecule has 1 fully saturated rings. The first-order chi connectivity index (χ1) is 9.93. The Kier molecular flexibility index (Phi) is 4.98. The van der Waals surface area contributed by atoms with E-state index in [1.807, 2.05) is 38.1 Å². The molecule has 0 aliphatic carbocycles. The molecule has 0 saturated carbocycles. The molecule has 1 heterocycles. The number of carbonyl (C=O) groups is 1. The monoisotopic (exact) mass is 291 g/mol. The number of likely N-dealkylation sites (tertiary alicyclic amines) is 1. The van der Waals surface area contributed by atoms with Crippen LogP contribution in [0.5, 0.6) is 0 Å². The maximum Gasteiger partial charge on any atom is 0.241 e. The lowest BCUT2D eigenvalue weighted by Crippen LogP contribution is -2.50. The third-order valence-corrected chi connectivity index (χ3v) is 4.30. The van der Waals surface area contributed by atoms with Crippen molar-refractivity contribution in [2.24, 2.45) is 5.73 Å². The molecule has 4 N–H and O–H groups in total. The van der Waals surface area contributed by atoms with Gasteiger partial charge in [0.05, 0.1) is 11.6 Å². The van der Waals surface area contributed by atoms with Gasteiger partial charge in [-0.2, -0.15) is 0 Å². The summed E-state index contributed by atoms with van der Waals surface area (Å²) >= 11 is 0. The summed E-state index contributed by atoms with van der Waals surface area (Å²) in [6.07, 6.45) is 1.40. The fourth-order valence-corrected chi connectivity index (χ4v) is 2.62. The predicted molar refractivity (Wildman–Crippen MR) is 83.9 cm³/mol. The zero-order valence-corrected chi connectivity index (χ0v) is 12.8. The van der Waals surface area contributed by atoms with Gasteiger partial charge in [0, 0.05) is 25.3 Å². The van der Waals surface area contributed by atoms with Crippen LogP contribution in [0.4, 0.5) is 5.69 Å². The van der Waals surface area contributed by atoms with E-state index >= 15 is 0 Å². The van der Waals surface area contributed by atoms with Gasteiger partial charge in [-0.15, -0.1) is 0 Å². The predicted octanol–water partition coefficient (Wildman–Crippen LogP) is 1.32. The van der Waals surface area contributed by atoms with Crippen LogP contribution >= 0.6 is 0 Å². The summed E-state index contributed by atoms with van der Waals surface area (Å²) in [5.41, 5.74) is 6.80. The number of para-hydroxylation sites is 1. The molecule has 2 rings (SSSR count). The van der Waals surface area contributed by atoms with Crippen LogP contribution in [0.25, 0.3) is 0 Å². The average molecular weight is 291 g/mol. The third kappa shape index (κ3) is 4.03. The first-order valence-electron chi connectivity index (χ1n) is 7.48. The number of hydrogen-bond acceptors (Lipinski definition) is 4. The summed E-state index contributed by atoms with van der Waals surface area (Å²) < 4.78 is 0. The number of hydrogen-bond donors (Lipinski definition) is 3. The van der Waals surface area contributed by atoms with Gasteiger partial charge < -0.3 is 16.2 Å². The molecular weight excluding hydrogens is 266 g/mol. The molecule has 5 nitrogen and oxygen atoms in total. The van der Waals surface area contributed by atoms with Crippen molar-refractivity contribution in [1.29, 1.82) is 0 Å². The van der Waals surface area contributed by atoms with E-state index in [9.17, 15) is 9.90 Å². The number of anilines is 1. The zero-order chi connectivity index (χ0) is 15.5. The summed E-state index contributed by atoms with van der Waals surface area (Å²) in [5, 5.41) is 12.9. The van der Waals surface area contributed by atoms with E-state index in [2.05, 4.69) is 10.2 Å². The molecule has 1 unspecified atom stereocenters. The van der Waals surface area contributed by atoms with E-state index in [1.165, 1.54) is 0 Å². The standard InChI is InChI=1S/C16H25N3O2/c1-12(19-9-7-16(2,21)8-10-19)15(20)18-14-6-4-3-5-13(14)11-17/h3-6,12,21H,7-11,17H2,1-2H3,(H,18,20). The average Bonchev–Trinajstić information content (AvgIpc) is 2.47. The third-order valence-electron chi connectivity index (χ3n) is 4.30. The largest absolute Gasteiger partial charge is 0.390 e. The van der Waals surface area contributed by atoms with Crippen LogP contribution in [-0.4, -0.2) is 40.6 Å². The summed E-state index contributed by atoms with van der Waals surface area (Å²) in [6, 6.07) is 7.37. The highest BCUT2D eigenvalue weighted by atomic mass is 16.3. The van der Waals surface area contributed by atoms with Crippen molar-refractivity contribution in [3.05, 3.63) is 29.8 Å². The summed E-state index contributed by atoms with van der Waals surface area (Å²) in [5.74, 6) is -0.0301. The lowest BCUT2D eigenvalue weighted by atomic mass is 9.93. The number of amides is 1. The Hall–Kier alpha value is -1.43. The topological polar surface area (TPSA) is 78.6 Å². The number of aliphatic hydroxyl groups is 1. The Morgan fingerprint density at radius 1 is 1.43 bits per heavy atom. The number of benzene rings is 1. The number of nitrogens with one attached hydrogen (secondary N) is 1. The van der Waals surface area contributed by atoms with Crippen LogP contribution in [0.15, 0.2) is 24.3 Å². The second kappa shape index (κ2) is 6.56. The molecule has 1 aliphatic heterocycles. The van der Waals surface area contributed by atoms with Crippen molar-refractivity contribution in [3.8, 4) is 0 Å². The maximum absolute atomic E-state index is 12.4. The van der Waals surface area contributed by atoms with E-state index < -0.39 is 5.60 Å². The molecule has 0 aromatic heterocycles. The maximum atomic E-state index is 12.4. The molecule has 1 atom stereocenters. The van der Waals surface area contributed by atoms with Gasteiger partial charge in [0.25, 0.3) is 0 Å². The molecular formula is C16H25N3O2. The number of piperidine rings is 1. The molecule has 1 aliphatic rings. The van der Waals surface area contributed by atoms with Crippen LogP contribution < -0.4 is 11.1 Å². The van der Waals surface area contributed by atoms with E-state index in [4.69, 9.17) is 5.73 Å². The van der Waals surface area contributed by atoms with E-state index in [1.54, 1.807) is 0 Å². The molecule has 5 heteroatoms. The normalized spacial score (nSPS) is 20.0. The number of nitrogens with zero attached hydrogens (tertiary/aromatic N) is 1. The summed E-state index contributed by atoms with van der Waals surface area (Å²) in [6.45, 7) is 5.63. The smallest absolute Gasteiger partial charge is 0.241 e. The van der Waals surface area contributed by atoms with Gasteiger partial charge in [-0.1, -0.05) is 18.2 Å². The van der Waals surface area contributed by atoms with Crippen LogP contribution in [0.3, 0.4) is 0 Å². The van der Waals surface area contributed by atoms with Crippen molar-refractivity contribution in [2.45, 2.75) is 44.9 Å². The molecule has 1 aromatic rings. The van der Waals surface area contributed by atoms with Gasteiger partial charge in [0.1, 0.15) is 0 Å². The minimum Gasteiger partial charge on any atom is -0.390 e. The lowest BCUT2D eigenvalue weighted by molar-refractivity contribution is -0.122. The first kappa shape index (κ1) is 15.9. The molecule has 1 aromatic carbocycles. The highest BCUT2D eigenvalue weighted by Crippen LogP contribution is 2.23. The SMILES string of the molecule is CC(C(=O)Nc1ccccc1CN)N1CCC(C)(O)CC1. The second-order valence-electron chi connectivity index (χ2n) is 6.06. The molecule has 116 valence electrons. The molecule has 0 spiro atoms. The van der Waals surface area contributed by atoms with Crippen molar-refractivity contribution in [3.63, 3.8) is 0 Å². The van der Waals surface area contributed by atoms with Gasteiger partial charge in [-0.05, 0) is 38.3 Å². The second-order valence-corrected chi connectivity index (χ2v) is 6.06. The Labute approximate surface area is 126 Å². The zero-order valence-electron chi connectivity index (χ0n) is 12.8. The van der Waals surface area contributed by atoms with E-state index in [-0.39, 0.29) is 11.9 Å². The fraction of sp³-hybridized carbons (Fsp3) is 0.562. The number of rotatable bonds is 4. The molecule has 21 heavy (non-hydrogen) atoms. The van der Waals surface area contributed by atoms with Gasteiger partial charge in [0.2, 0.25) is 5.91 Å².